The summed E-state index contributed by atoms with van der Waals surface area (Å²) in [5.41, 5.74) is 7.65. The Bertz CT molecular complexity index is 1370. The summed E-state index contributed by atoms with van der Waals surface area (Å²) in [6.45, 7) is 19.4. The molecule has 0 atom stereocenters. The Morgan fingerprint density at radius 2 is 1.38 bits per heavy atom. The maximum Gasteiger partial charge on any atom is 0.287 e. The highest BCUT2D eigenvalue weighted by Gasteiger charge is 2.27. The van der Waals surface area contributed by atoms with E-state index in [2.05, 4.69) is 104 Å². The SMILES string of the molecule is Cc1cc(C)c(C)c(-c2c3cccc(-c4nc(C(C)(C)C)nc(C(C)(C)C)n4)c3nc[n+]2C)c1. The van der Waals surface area contributed by atoms with Gasteiger partial charge in [-0.1, -0.05) is 59.2 Å². The smallest absolute Gasteiger partial charge is 0.232 e. The highest BCUT2D eigenvalue weighted by molar-refractivity contribution is 5.99. The van der Waals surface area contributed by atoms with E-state index in [1.807, 2.05) is 6.33 Å². The molecule has 0 aliphatic carbocycles. The van der Waals surface area contributed by atoms with Crippen molar-refractivity contribution in [3.05, 3.63) is 65.0 Å². The molecular weight excluding hydrogens is 418 g/mol. The van der Waals surface area contributed by atoms with E-state index in [1.54, 1.807) is 0 Å². The zero-order chi connectivity index (χ0) is 25.0. The second kappa shape index (κ2) is 8.23. The largest absolute Gasteiger partial charge is 0.287 e. The van der Waals surface area contributed by atoms with E-state index in [4.69, 9.17) is 19.9 Å². The monoisotopic (exact) mass is 454 g/mol. The lowest BCUT2D eigenvalue weighted by Gasteiger charge is -2.22. The Hall–Kier alpha value is -3.21. The molecule has 0 amide bonds. The molecule has 0 saturated heterocycles. The van der Waals surface area contributed by atoms with Gasteiger partial charge in [-0.3, -0.25) is 0 Å². The highest BCUT2D eigenvalue weighted by Crippen LogP contribution is 2.34. The lowest BCUT2D eigenvalue weighted by Crippen LogP contribution is -2.32. The van der Waals surface area contributed by atoms with Crippen LogP contribution >= 0.6 is 0 Å². The third kappa shape index (κ3) is 4.31. The van der Waals surface area contributed by atoms with Gasteiger partial charge in [0.2, 0.25) is 0 Å². The third-order valence-electron chi connectivity index (χ3n) is 6.29. The standard InChI is InChI=1S/C29H36N5/c1-17-14-18(2)19(3)22(15-17)24-20-12-11-13-21(23(20)30-16-34(24)10)25-31-26(28(4,5)6)33-27(32-25)29(7,8)9/h11-16H,1-10H3/q+1. The summed E-state index contributed by atoms with van der Waals surface area (Å²) in [6.07, 6.45) is 1.90. The number of aryl methyl sites for hydroxylation is 3. The zero-order valence-electron chi connectivity index (χ0n) is 22.2. The van der Waals surface area contributed by atoms with Crippen LogP contribution in [-0.2, 0) is 17.9 Å². The molecule has 0 fully saturated rings. The minimum absolute atomic E-state index is 0.191. The van der Waals surface area contributed by atoms with Crippen molar-refractivity contribution >= 4 is 10.9 Å². The van der Waals surface area contributed by atoms with E-state index in [9.17, 15) is 0 Å². The summed E-state index contributed by atoms with van der Waals surface area (Å²) in [5, 5.41) is 1.09. The minimum atomic E-state index is -0.191. The van der Waals surface area contributed by atoms with Crippen LogP contribution in [0, 0.1) is 20.8 Å². The molecule has 0 aliphatic rings. The molecule has 0 radical (unpaired) electrons. The summed E-state index contributed by atoms with van der Waals surface area (Å²) in [7, 11) is 2.06. The van der Waals surface area contributed by atoms with Crippen LogP contribution in [-0.4, -0.2) is 19.9 Å². The first kappa shape index (κ1) is 23.9. The number of hydrogen-bond acceptors (Lipinski definition) is 4. The van der Waals surface area contributed by atoms with Crippen molar-refractivity contribution in [2.75, 3.05) is 0 Å². The Labute approximate surface area is 203 Å². The van der Waals surface area contributed by atoms with Gasteiger partial charge in [-0.15, -0.1) is 0 Å². The van der Waals surface area contributed by atoms with Crippen LogP contribution in [0.25, 0.3) is 33.5 Å². The predicted octanol–water partition coefficient (Wildman–Crippen LogP) is 6.10. The Morgan fingerprint density at radius 1 is 0.765 bits per heavy atom. The van der Waals surface area contributed by atoms with Crippen molar-refractivity contribution in [2.45, 2.75) is 73.1 Å². The van der Waals surface area contributed by atoms with E-state index in [0.717, 1.165) is 33.8 Å². The third-order valence-corrected chi connectivity index (χ3v) is 6.29. The van der Waals surface area contributed by atoms with Gasteiger partial charge >= 0.3 is 0 Å². The van der Waals surface area contributed by atoms with Crippen molar-refractivity contribution in [3.8, 4) is 22.6 Å². The number of hydrogen-bond donors (Lipinski definition) is 0. The van der Waals surface area contributed by atoms with Crippen molar-refractivity contribution in [1.29, 1.82) is 0 Å². The number of nitrogens with zero attached hydrogens (tertiary/aromatic N) is 5. The van der Waals surface area contributed by atoms with E-state index >= 15 is 0 Å². The van der Waals surface area contributed by atoms with Crippen LogP contribution in [0.4, 0.5) is 0 Å². The zero-order valence-corrected chi connectivity index (χ0v) is 22.2. The maximum atomic E-state index is 4.94. The molecule has 2 heterocycles. The van der Waals surface area contributed by atoms with E-state index in [0.29, 0.717) is 5.82 Å². The minimum Gasteiger partial charge on any atom is -0.232 e. The first-order chi connectivity index (χ1) is 15.8. The molecule has 0 aliphatic heterocycles. The van der Waals surface area contributed by atoms with Crippen molar-refractivity contribution in [1.82, 2.24) is 19.9 Å². The Balaban J connectivity index is 2.06. The summed E-state index contributed by atoms with van der Waals surface area (Å²) >= 11 is 0. The maximum absolute atomic E-state index is 4.94. The van der Waals surface area contributed by atoms with Gasteiger partial charge in [0.25, 0.3) is 6.33 Å². The fraction of sp³-hybridized carbons (Fsp3) is 0.414. The lowest BCUT2D eigenvalue weighted by molar-refractivity contribution is -0.662. The second-order valence-electron chi connectivity index (χ2n) is 11.5. The fourth-order valence-corrected chi connectivity index (χ4v) is 4.23. The van der Waals surface area contributed by atoms with Gasteiger partial charge in [0, 0.05) is 16.4 Å². The number of aromatic nitrogens is 5. The molecular formula is C29H36N5+. The molecule has 4 aromatic rings. The van der Waals surface area contributed by atoms with Gasteiger partial charge in [0.1, 0.15) is 17.3 Å². The Kier molecular flexibility index (Phi) is 5.79. The average Bonchev–Trinajstić information content (AvgIpc) is 2.74. The van der Waals surface area contributed by atoms with Gasteiger partial charge in [0.15, 0.2) is 11.3 Å². The highest BCUT2D eigenvalue weighted by atomic mass is 15.1. The topological polar surface area (TPSA) is 55.4 Å². The van der Waals surface area contributed by atoms with Crippen LogP contribution in [0.2, 0.25) is 0 Å². The molecule has 4 rings (SSSR count). The van der Waals surface area contributed by atoms with Gasteiger partial charge in [-0.05, 0) is 55.1 Å². The molecule has 0 saturated carbocycles. The summed E-state index contributed by atoms with van der Waals surface area (Å²) < 4.78 is 2.11. The lowest BCUT2D eigenvalue weighted by atomic mass is 9.92. The molecule has 34 heavy (non-hydrogen) atoms. The van der Waals surface area contributed by atoms with Crippen LogP contribution in [0.3, 0.4) is 0 Å². The van der Waals surface area contributed by atoms with Gasteiger partial charge in [-0.25, -0.2) is 19.5 Å². The Morgan fingerprint density at radius 3 is 1.97 bits per heavy atom. The summed E-state index contributed by atoms with van der Waals surface area (Å²) in [6, 6.07) is 10.8. The number of para-hydroxylation sites is 1. The molecule has 0 N–H and O–H groups in total. The van der Waals surface area contributed by atoms with E-state index in [-0.39, 0.29) is 10.8 Å². The molecule has 5 heteroatoms. The van der Waals surface area contributed by atoms with Crippen LogP contribution in [0.5, 0.6) is 0 Å². The number of rotatable bonds is 2. The van der Waals surface area contributed by atoms with Crippen LogP contribution in [0.1, 0.15) is 69.9 Å². The molecule has 2 aromatic carbocycles. The summed E-state index contributed by atoms with van der Waals surface area (Å²) in [4.78, 5) is 19.6. The average molecular weight is 455 g/mol. The van der Waals surface area contributed by atoms with Gasteiger partial charge < -0.3 is 0 Å². The first-order valence-electron chi connectivity index (χ1n) is 11.9. The fourth-order valence-electron chi connectivity index (χ4n) is 4.23. The van der Waals surface area contributed by atoms with Crippen LogP contribution < -0.4 is 4.57 Å². The molecule has 0 unspecified atom stereocenters. The molecule has 176 valence electrons. The normalized spacial score (nSPS) is 12.4. The van der Waals surface area contributed by atoms with E-state index < -0.39 is 0 Å². The quantitative estimate of drug-likeness (QED) is 0.344. The van der Waals surface area contributed by atoms with Crippen molar-refractivity contribution in [3.63, 3.8) is 0 Å². The van der Waals surface area contributed by atoms with Crippen molar-refractivity contribution < 1.29 is 4.57 Å². The first-order valence-corrected chi connectivity index (χ1v) is 11.9. The molecule has 0 spiro atoms. The second-order valence-corrected chi connectivity index (χ2v) is 11.5. The molecule has 0 bridgehead atoms. The molecule has 2 aromatic heterocycles. The van der Waals surface area contributed by atoms with Crippen molar-refractivity contribution in [2.24, 2.45) is 7.05 Å². The van der Waals surface area contributed by atoms with Gasteiger partial charge in [0.05, 0.1) is 18.0 Å². The number of fused-ring (bicyclic) bond motifs is 1. The van der Waals surface area contributed by atoms with E-state index in [1.165, 1.54) is 22.3 Å². The summed E-state index contributed by atoms with van der Waals surface area (Å²) in [5.74, 6) is 2.28. The molecule has 5 nitrogen and oxygen atoms in total. The van der Waals surface area contributed by atoms with Crippen LogP contribution in [0.15, 0.2) is 36.7 Å². The van der Waals surface area contributed by atoms with Gasteiger partial charge in [-0.2, -0.15) is 0 Å². The predicted molar refractivity (Wildman–Crippen MR) is 139 cm³/mol. The number of benzene rings is 2.